The van der Waals surface area contributed by atoms with Gasteiger partial charge in [-0.15, -0.1) is 0 Å². The van der Waals surface area contributed by atoms with Gasteiger partial charge in [0.15, 0.2) is 0 Å². The number of rotatable bonds is 2. The maximum absolute atomic E-state index is 5.92. The first-order valence-corrected chi connectivity index (χ1v) is 5.82. The first-order valence-electron chi connectivity index (χ1n) is 5.82. The molecule has 0 amide bonds. The molecule has 80 valence electrons. The van der Waals surface area contributed by atoms with Crippen molar-refractivity contribution >= 4 is 5.82 Å². The summed E-state index contributed by atoms with van der Waals surface area (Å²) in [5.41, 5.74) is 7.29. The van der Waals surface area contributed by atoms with Crippen molar-refractivity contribution in [2.24, 2.45) is 5.73 Å². The maximum Gasteiger partial charge on any atom is 0.132 e. The first kappa shape index (κ1) is 9.16. The lowest BCUT2D eigenvalue weighted by Crippen LogP contribution is -2.20. The summed E-state index contributed by atoms with van der Waals surface area (Å²) in [4.78, 5) is 6.93. The van der Waals surface area contributed by atoms with E-state index in [1.807, 2.05) is 12.3 Å². The third-order valence-electron chi connectivity index (χ3n) is 3.46. The monoisotopic (exact) mass is 203 g/mol. The number of nitrogens with zero attached hydrogens (tertiary/aromatic N) is 2. The Labute approximate surface area is 90.3 Å². The van der Waals surface area contributed by atoms with Gasteiger partial charge >= 0.3 is 0 Å². The maximum atomic E-state index is 5.92. The molecule has 2 atom stereocenters. The van der Waals surface area contributed by atoms with E-state index in [-0.39, 0.29) is 0 Å². The van der Waals surface area contributed by atoms with Crippen LogP contribution in [0.25, 0.3) is 0 Å². The fraction of sp³-hybridized carbons (Fsp3) is 0.583. The Morgan fingerprint density at radius 1 is 1.33 bits per heavy atom. The molecule has 1 saturated carbocycles. The van der Waals surface area contributed by atoms with Crippen molar-refractivity contribution in [3.05, 3.63) is 23.9 Å². The molecule has 2 heterocycles. The molecule has 0 aromatic carbocycles. The summed E-state index contributed by atoms with van der Waals surface area (Å²) in [6.45, 7) is 2.32. The van der Waals surface area contributed by atoms with Crippen molar-refractivity contribution in [3.63, 3.8) is 0 Å². The normalized spacial score (nSPS) is 29.5. The molecule has 0 unspecified atom stereocenters. The predicted molar refractivity (Wildman–Crippen MR) is 61.0 cm³/mol. The number of nitrogens with two attached hydrogens (primary N) is 1. The molecule has 2 fully saturated rings. The van der Waals surface area contributed by atoms with Gasteiger partial charge in [0.25, 0.3) is 0 Å². The number of anilines is 1. The van der Waals surface area contributed by atoms with Gasteiger partial charge in [0.2, 0.25) is 0 Å². The Bertz CT molecular complexity index is 358. The van der Waals surface area contributed by atoms with E-state index in [1.165, 1.54) is 24.2 Å². The minimum Gasteiger partial charge on any atom is -0.356 e. The van der Waals surface area contributed by atoms with E-state index in [2.05, 4.69) is 16.0 Å². The molecule has 3 nitrogen and oxygen atoms in total. The average Bonchev–Trinajstić information content (AvgIpc) is 2.81. The van der Waals surface area contributed by atoms with Crippen LogP contribution in [0.3, 0.4) is 0 Å². The van der Waals surface area contributed by atoms with Crippen molar-refractivity contribution in [3.8, 4) is 0 Å². The largest absolute Gasteiger partial charge is 0.356 e. The molecule has 1 aromatic heterocycles. The Morgan fingerprint density at radius 2 is 2.07 bits per heavy atom. The molecule has 1 aromatic rings. The van der Waals surface area contributed by atoms with Crippen LogP contribution in [0.1, 0.15) is 30.7 Å². The van der Waals surface area contributed by atoms with Gasteiger partial charge in [-0.1, -0.05) is 6.07 Å². The summed E-state index contributed by atoms with van der Waals surface area (Å²) >= 11 is 0. The molecule has 0 radical (unpaired) electrons. The second kappa shape index (κ2) is 3.49. The highest BCUT2D eigenvalue weighted by Crippen LogP contribution is 2.42. The molecule has 0 bridgehead atoms. The summed E-state index contributed by atoms with van der Waals surface area (Å²) in [5, 5.41) is 0. The summed E-state index contributed by atoms with van der Waals surface area (Å²) in [6, 6.07) is 4.59. The van der Waals surface area contributed by atoms with Crippen LogP contribution in [0.2, 0.25) is 0 Å². The van der Waals surface area contributed by atoms with Gasteiger partial charge in [-0.25, -0.2) is 4.98 Å². The van der Waals surface area contributed by atoms with E-state index in [0.717, 1.165) is 19.5 Å². The molecule has 2 aliphatic rings. The Balaban J connectivity index is 1.91. The fourth-order valence-corrected chi connectivity index (χ4v) is 2.46. The molecule has 15 heavy (non-hydrogen) atoms. The molecule has 1 aliphatic carbocycles. The van der Waals surface area contributed by atoms with Crippen LogP contribution in [0.4, 0.5) is 5.82 Å². The van der Waals surface area contributed by atoms with Gasteiger partial charge in [-0.3, -0.25) is 0 Å². The zero-order valence-corrected chi connectivity index (χ0v) is 8.89. The topological polar surface area (TPSA) is 42.1 Å². The van der Waals surface area contributed by atoms with Crippen molar-refractivity contribution in [1.82, 2.24) is 4.98 Å². The lowest BCUT2D eigenvalue weighted by molar-refractivity contribution is 0.898. The van der Waals surface area contributed by atoms with Crippen LogP contribution in [0.5, 0.6) is 0 Å². The first-order chi connectivity index (χ1) is 7.36. The van der Waals surface area contributed by atoms with Crippen molar-refractivity contribution < 1.29 is 0 Å². The van der Waals surface area contributed by atoms with Crippen molar-refractivity contribution in [2.75, 3.05) is 18.0 Å². The standard InChI is InChI=1S/C12H17N3/c13-11-8-10(11)9-4-3-5-14-12(9)15-6-1-2-7-15/h3-5,10-11H,1-2,6-8,13H2/t10-,11+/m0/s1. The highest BCUT2D eigenvalue weighted by molar-refractivity contribution is 5.51. The number of aromatic nitrogens is 1. The predicted octanol–water partition coefficient (Wildman–Crippen LogP) is 1.50. The van der Waals surface area contributed by atoms with E-state index in [9.17, 15) is 0 Å². The van der Waals surface area contributed by atoms with Gasteiger partial charge in [0, 0.05) is 31.2 Å². The zero-order valence-electron chi connectivity index (χ0n) is 8.89. The van der Waals surface area contributed by atoms with E-state index >= 15 is 0 Å². The summed E-state index contributed by atoms with van der Waals surface area (Å²) in [5.74, 6) is 1.75. The van der Waals surface area contributed by atoms with Crippen LogP contribution < -0.4 is 10.6 Å². The molecule has 1 saturated heterocycles. The van der Waals surface area contributed by atoms with Crippen molar-refractivity contribution in [2.45, 2.75) is 31.2 Å². The number of hydrogen-bond acceptors (Lipinski definition) is 3. The van der Waals surface area contributed by atoms with Crippen LogP contribution in [-0.2, 0) is 0 Å². The van der Waals surface area contributed by atoms with Gasteiger partial charge in [0.05, 0.1) is 0 Å². The van der Waals surface area contributed by atoms with Gasteiger partial charge in [-0.05, 0) is 30.9 Å². The average molecular weight is 203 g/mol. The number of hydrogen-bond donors (Lipinski definition) is 1. The number of pyridine rings is 1. The Morgan fingerprint density at radius 3 is 2.73 bits per heavy atom. The van der Waals surface area contributed by atoms with Crippen LogP contribution in [0.15, 0.2) is 18.3 Å². The zero-order chi connectivity index (χ0) is 10.3. The smallest absolute Gasteiger partial charge is 0.132 e. The third kappa shape index (κ3) is 1.61. The van der Waals surface area contributed by atoms with Crippen molar-refractivity contribution in [1.29, 1.82) is 0 Å². The van der Waals surface area contributed by atoms with Crippen LogP contribution >= 0.6 is 0 Å². The second-order valence-corrected chi connectivity index (χ2v) is 4.62. The molecular formula is C12H17N3. The molecule has 1 aliphatic heterocycles. The Kier molecular flexibility index (Phi) is 2.13. The highest BCUT2D eigenvalue weighted by Gasteiger charge is 2.37. The van der Waals surface area contributed by atoms with E-state index in [0.29, 0.717) is 12.0 Å². The molecule has 2 N–H and O–H groups in total. The summed E-state index contributed by atoms with van der Waals surface area (Å²) in [7, 11) is 0. The van der Waals surface area contributed by atoms with Gasteiger partial charge in [-0.2, -0.15) is 0 Å². The SMILES string of the molecule is N[C@@H]1C[C@H]1c1cccnc1N1CCCC1. The lowest BCUT2D eigenvalue weighted by Gasteiger charge is -2.19. The fourth-order valence-electron chi connectivity index (χ4n) is 2.46. The quantitative estimate of drug-likeness (QED) is 0.792. The Hall–Kier alpha value is -1.09. The van der Waals surface area contributed by atoms with E-state index < -0.39 is 0 Å². The van der Waals surface area contributed by atoms with Crippen LogP contribution in [-0.4, -0.2) is 24.1 Å². The molecule has 3 heteroatoms. The van der Waals surface area contributed by atoms with Gasteiger partial charge in [0.1, 0.15) is 5.82 Å². The minimum atomic E-state index is 0.371. The summed E-state index contributed by atoms with van der Waals surface area (Å²) in [6.07, 6.45) is 5.62. The summed E-state index contributed by atoms with van der Waals surface area (Å²) < 4.78 is 0. The lowest BCUT2D eigenvalue weighted by atomic mass is 10.1. The molecule has 0 spiro atoms. The second-order valence-electron chi connectivity index (χ2n) is 4.62. The van der Waals surface area contributed by atoms with Crippen LogP contribution in [0, 0.1) is 0 Å². The highest BCUT2D eigenvalue weighted by atomic mass is 15.2. The van der Waals surface area contributed by atoms with Gasteiger partial charge < -0.3 is 10.6 Å². The minimum absolute atomic E-state index is 0.371. The molecule has 3 rings (SSSR count). The third-order valence-corrected chi connectivity index (χ3v) is 3.46. The molecular weight excluding hydrogens is 186 g/mol. The van der Waals surface area contributed by atoms with E-state index in [1.54, 1.807) is 0 Å². The van der Waals surface area contributed by atoms with E-state index in [4.69, 9.17) is 5.73 Å².